The molecule has 1 aliphatic carbocycles. The molecule has 1 saturated carbocycles. The van der Waals surface area contributed by atoms with Crippen molar-refractivity contribution in [3.8, 4) is 6.07 Å². The second kappa shape index (κ2) is 5.16. The van der Waals surface area contributed by atoms with Crippen molar-refractivity contribution in [1.82, 2.24) is 0 Å². The van der Waals surface area contributed by atoms with Crippen LogP contribution in [0.1, 0.15) is 40.5 Å². The van der Waals surface area contributed by atoms with Gasteiger partial charge in [-0.3, -0.25) is 5.26 Å². The highest BCUT2D eigenvalue weighted by atomic mass is 17.1. The molecule has 0 heterocycles. The van der Waals surface area contributed by atoms with Crippen LogP contribution in [0.25, 0.3) is 0 Å². The fourth-order valence-electron chi connectivity index (χ4n) is 3.47. The van der Waals surface area contributed by atoms with E-state index in [0.717, 1.165) is 12.8 Å². The molecule has 0 spiro atoms. The normalized spacial score (nSPS) is 38.9. The third kappa shape index (κ3) is 2.09. The Hall–Kier alpha value is -0.590. The summed E-state index contributed by atoms with van der Waals surface area (Å²) in [4.78, 5) is 4.33. The molecule has 1 unspecified atom stereocenters. The summed E-state index contributed by atoms with van der Waals surface area (Å²) < 4.78 is 0. The molecule has 0 radical (unpaired) electrons. The van der Waals surface area contributed by atoms with Gasteiger partial charge in [0.15, 0.2) is 0 Å². The standard InChI is InChI=1S/C13H23NO2/c1-5-10-6-11(9(2)3)13(4,8-14)12(10)7-16-15/h9-12,15H,5-7H2,1-4H3/t10-,11-,12+,13?/m0/s1. The van der Waals surface area contributed by atoms with E-state index in [1.54, 1.807) is 0 Å². The molecule has 1 N–H and O–H groups in total. The third-order valence-electron chi connectivity index (χ3n) is 4.49. The van der Waals surface area contributed by atoms with E-state index in [2.05, 4.69) is 31.7 Å². The Labute approximate surface area is 98.3 Å². The summed E-state index contributed by atoms with van der Waals surface area (Å²) in [5.41, 5.74) is -0.364. The lowest BCUT2D eigenvalue weighted by Gasteiger charge is -2.32. The first kappa shape index (κ1) is 13.5. The van der Waals surface area contributed by atoms with Gasteiger partial charge in [-0.15, -0.1) is 0 Å². The molecule has 0 aromatic rings. The summed E-state index contributed by atoms with van der Waals surface area (Å²) >= 11 is 0. The molecule has 3 nitrogen and oxygen atoms in total. The summed E-state index contributed by atoms with van der Waals surface area (Å²) in [6.45, 7) is 8.81. The molecular formula is C13H23NO2. The summed E-state index contributed by atoms with van der Waals surface area (Å²) in [6.07, 6.45) is 2.13. The van der Waals surface area contributed by atoms with Crippen molar-refractivity contribution in [3.05, 3.63) is 0 Å². The minimum Gasteiger partial charge on any atom is -0.252 e. The Morgan fingerprint density at radius 3 is 2.56 bits per heavy atom. The van der Waals surface area contributed by atoms with Crippen molar-refractivity contribution < 1.29 is 10.1 Å². The van der Waals surface area contributed by atoms with Gasteiger partial charge in [0.25, 0.3) is 0 Å². The van der Waals surface area contributed by atoms with E-state index >= 15 is 0 Å². The van der Waals surface area contributed by atoms with Crippen molar-refractivity contribution >= 4 is 0 Å². The van der Waals surface area contributed by atoms with Crippen LogP contribution in [-0.4, -0.2) is 11.9 Å². The van der Waals surface area contributed by atoms with Gasteiger partial charge in [-0.05, 0) is 31.1 Å². The van der Waals surface area contributed by atoms with E-state index in [1.807, 2.05) is 6.92 Å². The minimum absolute atomic E-state index is 0.153. The zero-order valence-corrected chi connectivity index (χ0v) is 10.7. The largest absolute Gasteiger partial charge is 0.252 e. The lowest BCUT2D eigenvalue weighted by Crippen LogP contribution is -2.33. The summed E-state index contributed by atoms with van der Waals surface area (Å²) in [6, 6.07) is 2.48. The van der Waals surface area contributed by atoms with Crippen molar-refractivity contribution in [1.29, 1.82) is 5.26 Å². The highest BCUT2D eigenvalue weighted by molar-refractivity contribution is 5.11. The Balaban J connectivity index is 2.99. The van der Waals surface area contributed by atoms with Crippen LogP contribution in [0.5, 0.6) is 0 Å². The number of hydrogen-bond acceptors (Lipinski definition) is 3. The van der Waals surface area contributed by atoms with Crippen molar-refractivity contribution in [3.63, 3.8) is 0 Å². The topological polar surface area (TPSA) is 53.2 Å². The van der Waals surface area contributed by atoms with Crippen molar-refractivity contribution in [2.45, 2.75) is 40.5 Å². The quantitative estimate of drug-likeness (QED) is 0.590. The van der Waals surface area contributed by atoms with Gasteiger partial charge in [-0.1, -0.05) is 27.2 Å². The molecule has 3 heteroatoms. The molecule has 4 atom stereocenters. The monoisotopic (exact) mass is 225 g/mol. The fraction of sp³-hybridized carbons (Fsp3) is 0.923. The Morgan fingerprint density at radius 2 is 2.19 bits per heavy atom. The lowest BCUT2D eigenvalue weighted by molar-refractivity contribution is -0.257. The van der Waals surface area contributed by atoms with Gasteiger partial charge >= 0.3 is 0 Å². The molecule has 0 bridgehead atoms. The highest BCUT2D eigenvalue weighted by Gasteiger charge is 2.52. The van der Waals surface area contributed by atoms with Crippen LogP contribution in [0.4, 0.5) is 0 Å². The van der Waals surface area contributed by atoms with Gasteiger partial charge in [-0.25, -0.2) is 4.89 Å². The minimum atomic E-state index is -0.364. The molecule has 1 fully saturated rings. The molecular weight excluding hydrogens is 202 g/mol. The second-order valence-electron chi connectivity index (χ2n) is 5.55. The average molecular weight is 225 g/mol. The zero-order valence-electron chi connectivity index (χ0n) is 10.7. The first-order chi connectivity index (χ1) is 7.51. The van der Waals surface area contributed by atoms with E-state index in [1.165, 1.54) is 0 Å². The molecule has 1 rings (SSSR count). The third-order valence-corrected chi connectivity index (χ3v) is 4.49. The molecule has 0 amide bonds. The number of nitriles is 1. The van der Waals surface area contributed by atoms with E-state index in [9.17, 15) is 5.26 Å². The molecule has 0 aliphatic heterocycles. The first-order valence-electron chi connectivity index (χ1n) is 6.18. The van der Waals surface area contributed by atoms with Gasteiger partial charge in [0.05, 0.1) is 18.1 Å². The van der Waals surface area contributed by atoms with Gasteiger partial charge in [-0.2, -0.15) is 5.26 Å². The van der Waals surface area contributed by atoms with Gasteiger partial charge in [0.2, 0.25) is 0 Å². The Morgan fingerprint density at radius 1 is 1.56 bits per heavy atom. The number of rotatable bonds is 4. The van der Waals surface area contributed by atoms with Crippen molar-refractivity contribution in [2.75, 3.05) is 6.61 Å². The number of hydrogen-bond donors (Lipinski definition) is 1. The smallest absolute Gasteiger partial charge is 0.0865 e. The predicted octanol–water partition coefficient (Wildman–Crippen LogP) is 3.32. The summed E-state index contributed by atoms with van der Waals surface area (Å²) in [5.74, 6) is 1.55. The van der Waals surface area contributed by atoms with Crippen LogP contribution >= 0.6 is 0 Å². The maximum atomic E-state index is 9.47. The molecule has 92 valence electrons. The van der Waals surface area contributed by atoms with Crippen LogP contribution in [-0.2, 0) is 4.89 Å². The van der Waals surface area contributed by atoms with Crippen LogP contribution in [0.15, 0.2) is 0 Å². The van der Waals surface area contributed by atoms with Crippen LogP contribution < -0.4 is 0 Å². The van der Waals surface area contributed by atoms with Crippen LogP contribution in [0, 0.1) is 40.4 Å². The van der Waals surface area contributed by atoms with E-state index in [4.69, 9.17) is 5.26 Å². The van der Waals surface area contributed by atoms with Gasteiger partial charge in [0, 0.05) is 5.92 Å². The maximum Gasteiger partial charge on any atom is 0.0865 e. The molecule has 0 saturated heterocycles. The summed E-state index contributed by atoms with van der Waals surface area (Å²) in [7, 11) is 0. The first-order valence-corrected chi connectivity index (χ1v) is 6.18. The molecule has 0 aromatic heterocycles. The average Bonchev–Trinajstić information content (AvgIpc) is 2.54. The predicted molar refractivity (Wildman–Crippen MR) is 62.5 cm³/mol. The molecule has 0 aromatic carbocycles. The molecule has 16 heavy (non-hydrogen) atoms. The van der Waals surface area contributed by atoms with Gasteiger partial charge < -0.3 is 0 Å². The SMILES string of the molecule is CC[C@H]1C[C@@H](C(C)C)C(C)(C#N)[C@@H]1COO. The Bertz CT molecular complexity index is 272. The van der Waals surface area contributed by atoms with E-state index < -0.39 is 0 Å². The Kier molecular flexibility index (Phi) is 4.35. The van der Waals surface area contributed by atoms with Crippen molar-refractivity contribution in [2.24, 2.45) is 29.1 Å². The maximum absolute atomic E-state index is 9.47. The highest BCUT2D eigenvalue weighted by Crippen LogP contribution is 2.54. The fourth-order valence-corrected chi connectivity index (χ4v) is 3.47. The molecule has 1 aliphatic rings. The van der Waals surface area contributed by atoms with Gasteiger partial charge in [0.1, 0.15) is 0 Å². The second-order valence-corrected chi connectivity index (χ2v) is 5.55. The zero-order chi connectivity index (χ0) is 12.3. The van der Waals surface area contributed by atoms with E-state index in [-0.39, 0.29) is 17.9 Å². The van der Waals surface area contributed by atoms with Crippen LogP contribution in [0.3, 0.4) is 0 Å². The lowest BCUT2D eigenvalue weighted by atomic mass is 9.70. The van der Waals surface area contributed by atoms with Crippen LogP contribution in [0.2, 0.25) is 0 Å². The summed E-state index contributed by atoms with van der Waals surface area (Å²) in [5, 5.41) is 18.2. The number of nitrogens with zero attached hydrogens (tertiary/aromatic N) is 1. The van der Waals surface area contributed by atoms with E-state index in [0.29, 0.717) is 17.8 Å².